The summed E-state index contributed by atoms with van der Waals surface area (Å²) in [5.74, 6) is -0.315. The van der Waals surface area contributed by atoms with Gasteiger partial charge in [0.05, 0.1) is 12.7 Å². The molecule has 1 N–H and O–H groups in total. The smallest absolute Gasteiger partial charge is 0.337 e. The molecule has 0 aliphatic carbocycles. The molecule has 0 amide bonds. The summed E-state index contributed by atoms with van der Waals surface area (Å²) in [6, 6.07) is 11.8. The van der Waals surface area contributed by atoms with Crippen LogP contribution in [0.1, 0.15) is 32.6 Å². The average molecular weight is 283 g/mol. The highest BCUT2D eigenvalue weighted by molar-refractivity contribution is 5.90. The van der Waals surface area contributed by atoms with Crippen LogP contribution in [0.5, 0.6) is 0 Å². The lowest BCUT2D eigenvalue weighted by Gasteiger charge is -2.13. The van der Waals surface area contributed by atoms with Crippen molar-refractivity contribution in [3.63, 3.8) is 0 Å². The van der Waals surface area contributed by atoms with E-state index in [1.54, 1.807) is 6.07 Å². The van der Waals surface area contributed by atoms with Gasteiger partial charge in [-0.25, -0.2) is 4.79 Å². The van der Waals surface area contributed by atoms with Crippen LogP contribution in [-0.2, 0) is 11.3 Å². The Kier molecular flexibility index (Phi) is 4.63. The molecule has 0 aliphatic rings. The van der Waals surface area contributed by atoms with Crippen molar-refractivity contribution in [2.75, 3.05) is 12.4 Å². The number of carbonyl (C=O) groups excluding carboxylic acids is 1. The first-order valence-electron chi connectivity index (χ1n) is 7.01. The molecule has 0 fully saturated rings. The summed E-state index contributed by atoms with van der Waals surface area (Å²) < 4.78 is 4.76. The molecule has 3 heteroatoms. The Morgan fingerprint density at radius 1 is 1.10 bits per heavy atom. The molecular weight excluding hydrogens is 262 g/mol. The highest BCUT2D eigenvalue weighted by Gasteiger charge is 2.08. The normalized spacial score (nSPS) is 10.3. The van der Waals surface area contributed by atoms with Crippen LogP contribution in [-0.4, -0.2) is 13.1 Å². The monoisotopic (exact) mass is 283 g/mol. The molecule has 0 bridgehead atoms. The van der Waals surface area contributed by atoms with Crippen LogP contribution < -0.4 is 5.32 Å². The molecule has 0 spiro atoms. The lowest BCUT2D eigenvalue weighted by Crippen LogP contribution is -2.06. The van der Waals surface area contributed by atoms with Crippen molar-refractivity contribution in [1.82, 2.24) is 0 Å². The Morgan fingerprint density at radius 3 is 2.57 bits per heavy atom. The predicted octanol–water partition coefficient (Wildman–Crippen LogP) is 4.01. The lowest BCUT2D eigenvalue weighted by molar-refractivity contribution is 0.0601. The minimum atomic E-state index is -0.315. The van der Waals surface area contributed by atoms with Gasteiger partial charge in [-0.3, -0.25) is 0 Å². The third kappa shape index (κ3) is 3.43. The number of nitrogens with one attached hydrogen (secondary N) is 1. The van der Waals surface area contributed by atoms with E-state index in [-0.39, 0.29) is 5.97 Å². The molecule has 21 heavy (non-hydrogen) atoms. The van der Waals surface area contributed by atoms with Crippen LogP contribution in [0.15, 0.2) is 36.4 Å². The van der Waals surface area contributed by atoms with E-state index in [9.17, 15) is 4.79 Å². The van der Waals surface area contributed by atoms with Crippen LogP contribution in [0.2, 0.25) is 0 Å². The second-order valence-electron chi connectivity index (χ2n) is 5.23. The van der Waals surface area contributed by atoms with E-state index in [0.29, 0.717) is 5.56 Å². The summed E-state index contributed by atoms with van der Waals surface area (Å²) in [6.07, 6.45) is 0. The van der Waals surface area contributed by atoms with Crippen LogP contribution in [0.3, 0.4) is 0 Å². The third-order valence-corrected chi connectivity index (χ3v) is 3.84. The fourth-order valence-electron chi connectivity index (χ4n) is 2.25. The summed E-state index contributed by atoms with van der Waals surface area (Å²) in [5.41, 5.74) is 6.47. The number of hydrogen-bond acceptors (Lipinski definition) is 3. The zero-order chi connectivity index (χ0) is 15.4. The number of ether oxygens (including phenoxy) is 1. The van der Waals surface area contributed by atoms with Gasteiger partial charge in [0.2, 0.25) is 0 Å². The lowest BCUT2D eigenvalue weighted by atomic mass is 10.0. The standard InChI is InChI=1S/C18H21NO2/c1-12-6-5-7-16(14(12)3)11-19-17-10-15(18(20)21-4)9-8-13(17)2/h5-10,19H,11H2,1-4H3. The van der Waals surface area contributed by atoms with Gasteiger partial charge in [0.25, 0.3) is 0 Å². The first-order valence-corrected chi connectivity index (χ1v) is 7.01. The van der Waals surface area contributed by atoms with Gasteiger partial charge >= 0.3 is 5.97 Å². The zero-order valence-electron chi connectivity index (χ0n) is 13.0. The topological polar surface area (TPSA) is 38.3 Å². The van der Waals surface area contributed by atoms with Gasteiger partial charge in [-0.15, -0.1) is 0 Å². The molecule has 2 aromatic rings. The highest BCUT2D eigenvalue weighted by Crippen LogP contribution is 2.20. The Labute approximate surface area is 126 Å². The number of aryl methyl sites for hydroxylation is 2. The van der Waals surface area contributed by atoms with Gasteiger partial charge in [-0.1, -0.05) is 24.3 Å². The fraction of sp³-hybridized carbons (Fsp3) is 0.278. The molecule has 2 aromatic carbocycles. The van der Waals surface area contributed by atoms with Crippen LogP contribution in [0, 0.1) is 20.8 Å². The second kappa shape index (κ2) is 6.44. The van der Waals surface area contributed by atoms with Gasteiger partial charge in [0, 0.05) is 12.2 Å². The van der Waals surface area contributed by atoms with Crippen LogP contribution in [0.4, 0.5) is 5.69 Å². The molecule has 3 nitrogen and oxygen atoms in total. The largest absolute Gasteiger partial charge is 0.465 e. The molecule has 0 unspecified atom stereocenters. The van der Waals surface area contributed by atoms with E-state index in [0.717, 1.165) is 17.8 Å². The number of rotatable bonds is 4. The molecule has 0 aromatic heterocycles. The van der Waals surface area contributed by atoms with Gasteiger partial charge in [-0.05, 0) is 55.2 Å². The Bertz CT molecular complexity index is 662. The molecule has 110 valence electrons. The SMILES string of the molecule is COC(=O)c1ccc(C)c(NCc2cccc(C)c2C)c1. The van der Waals surface area contributed by atoms with Crippen LogP contribution >= 0.6 is 0 Å². The molecule has 2 rings (SSSR count). The Hall–Kier alpha value is -2.29. The molecule has 0 aliphatic heterocycles. The quantitative estimate of drug-likeness (QED) is 0.862. The van der Waals surface area contributed by atoms with E-state index in [1.165, 1.54) is 23.8 Å². The van der Waals surface area contributed by atoms with Crippen molar-refractivity contribution in [1.29, 1.82) is 0 Å². The van der Waals surface area contributed by atoms with Gasteiger partial charge < -0.3 is 10.1 Å². The number of methoxy groups -OCH3 is 1. The van der Waals surface area contributed by atoms with E-state index in [2.05, 4.69) is 37.4 Å². The second-order valence-corrected chi connectivity index (χ2v) is 5.23. The maximum Gasteiger partial charge on any atom is 0.337 e. The van der Waals surface area contributed by atoms with Crippen LogP contribution in [0.25, 0.3) is 0 Å². The average Bonchev–Trinajstić information content (AvgIpc) is 2.49. The molecule has 0 saturated carbocycles. The van der Waals surface area contributed by atoms with E-state index < -0.39 is 0 Å². The number of anilines is 1. The van der Waals surface area contributed by atoms with Crippen molar-refractivity contribution in [2.45, 2.75) is 27.3 Å². The fourth-order valence-corrected chi connectivity index (χ4v) is 2.25. The predicted molar refractivity (Wildman–Crippen MR) is 85.8 cm³/mol. The Balaban J connectivity index is 2.19. The highest BCUT2D eigenvalue weighted by atomic mass is 16.5. The van der Waals surface area contributed by atoms with Crippen molar-refractivity contribution >= 4 is 11.7 Å². The summed E-state index contributed by atoms with van der Waals surface area (Å²) in [7, 11) is 1.39. The first kappa shape index (κ1) is 15.1. The Morgan fingerprint density at radius 2 is 1.86 bits per heavy atom. The van der Waals surface area contributed by atoms with Gasteiger partial charge in [0.1, 0.15) is 0 Å². The molecule has 0 saturated heterocycles. The van der Waals surface area contributed by atoms with Crippen molar-refractivity contribution in [3.8, 4) is 0 Å². The van der Waals surface area contributed by atoms with Crippen molar-refractivity contribution in [2.24, 2.45) is 0 Å². The van der Waals surface area contributed by atoms with Crippen molar-refractivity contribution < 1.29 is 9.53 Å². The first-order chi connectivity index (χ1) is 10.0. The third-order valence-electron chi connectivity index (χ3n) is 3.84. The number of hydrogen-bond donors (Lipinski definition) is 1. The molecule has 0 radical (unpaired) electrons. The number of benzene rings is 2. The van der Waals surface area contributed by atoms with E-state index >= 15 is 0 Å². The molecular formula is C18H21NO2. The maximum atomic E-state index is 11.6. The minimum Gasteiger partial charge on any atom is -0.465 e. The van der Waals surface area contributed by atoms with E-state index in [1.807, 2.05) is 19.1 Å². The van der Waals surface area contributed by atoms with E-state index in [4.69, 9.17) is 4.74 Å². The summed E-state index contributed by atoms with van der Waals surface area (Å²) in [6.45, 7) is 7.00. The minimum absolute atomic E-state index is 0.315. The van der Waals surface area contributed by atoms with Gasteiger partial charge in [-0.2, -0.15) is 0 Å². The molecule has 0 heterocycles. The summed E-state index contributed by atoms with van der Waals surface area (Å²) in [5, 5.41) is 3.41. The molecule has 0 atom stereocenters. The number of esters is 1. The summed E-state index contributed by atoms with van der Waals surface area (Å²) in [4.78, 5) is 11.6. The van der Waals surface area contributed by atoms with Gasteiger partial charge in [0.15, 0.2) is 0 Å². The zero-order valence-corrected chi connectivity index (χ0v) is 13.0. The van der Waals surface area contributed by atoms with Crippen molar-refractivity contribution in [3.05, 3.63) is 64.2 Å². The maximum absolute atomic E-state index is 11.6. The summed E-state index contributed by atoms with van der Waals surface area (Å²) >= 11 is 0. The number of carbonyl (C=O) groups is 1.